The summed E-state index contributed by atoms with van der Waals surface area (Å²) in [7, 11) is 0. The van der Waals surface area contributed by atoms with Crippen LogP contribution in [0.2, 0.25) is 0 Å². The van der Waals surface area contributed by atoms with Crippen LogP contribution in [0.3, 0.4) is 0 Å². The number of ether oxygens (including phenoxy) is 1. The van der Waals surface area contributed by atoms with Gasteiger partial charge in [-0.3, -0.25) is 86.3 Å². The van der Waals surface area contributed by atoms with Crippen molar-refractivity contribution in [3.8, 4) is 0 Å². The Kier molecular flexibility index (Phi) is 39.7. The van der Waals surface area contributed by atoms with E-state index in [1.54, 1.807) is 30.5 Å². The summed E-state index contributed by atoms with van der Waals surface area (Å²) in [5.74, 6) is -28.4. The molecule has 13 unspecified atom stereocenters. The van der Waals surface area contributed by atoms with Crippen molar-refractivity contribution in [3.63, 3.8) is 0 Å². The fourth-order valence-electron chi connectivity index (χ4n) is 11.7. The molecule has 1 aromatic heterocycles. The van der Waals surface area contributed by atoms with Gasteiger partial charge in [0, 0.05) is 36.4 Å². The molecule has 0 saturated carbocycles. The highest BCUT2D eigenvalue weighted by Crippen LogP contribution is 2.21. The van der Waals surface area contributed by atoms with Crippen LogP contribution in [-0.2, 0) is 102 Å². The van der Waals surface area contributed by atoms with E-state index in [9.17, 15) is 122 Å². The number of rotatable bonds is 35. The number of H-pyrrole nitrogens is 1. The Morgan fingerprint density at radius 1 is 0.557 bits per heavy atom. The van der Waals surface area contributed by atoms with E-state index in [-0.39, 0.29) is 37.8 Å². The molecule has 14 amide bonds. The number of carboxylic acid groups (broad SMARTS) is 4. The number of nitrogens with one attached hydrogen (secondary N) is 14. The van der Waals surface area contributed by atoms with E-state index >= 15 is 0 Å². The highest BCUT2D eigenvalue weighted by atomic mass is 16.5. The summed E-state index contributed by atoms with van der Waals surface area (Å²) >= 11 is 0. The van der Waals surface area contributed by atoms with Crippen LogP contribution >= 0.6 is 0 Å². The van der Waals surface area contributed by atoms with Gasteiger partial charge in [-0.15, -0.1) is 0 Å². The van der Waals surface area contributed by atoms with Crippen LogP contribution in [-0.4, -0.2) is 253 Å². The van der Waals surface area contributed by atoms with Gasteiger partial charge in [0.05, 0.1) is 57.5 Å². The van der Waals surface area contributed by atoms with Gasteiger partial charge in [0.15, 0.2) is 0 Å². The molecule has 115 heavy (non-hydrogen) atoms. The normalized spacial score (nSPS) is 21.4. The van der Waals surface area contributed by atoms with Crippen molar-refractivity contribution in [2.75, 3.05) is 26.2 Å². The Bertz CT molecular complexity index is 4010. The molecule has 24 N–H and O–H groups in total. The predicted octanol–water partition coefficient (Wildman–Crippen LogP) is -5.21. The second-order valence-electron chi connectivity index (χ2n) is 27.2. The molecule has 13 atom stereocenters. The fourth-order valence-corrected chi connectivity index (χ4v) is 11.7. The van der Waals surface area contributed by atoms with Crippen molar-refractivity contribution in [1.82, 2.24) is 74.1 Å². The lowest BCUT2D eigenvalue weighted by Crippen LogP contribution is -2.62. The van der Waals surface area contributed by atoms with Gasteiger partial charge < -0.3 is 121 Å². The van der Waals surface area contributed by atoms with E-state index in [2.05, 4.69) is 70.2 Å². The number of amides is 14. The number of carboxylic acids is 4. The Morgan fingerprint density at radius 2 is 1.10 bits per heavy atom. The third-order valence-electron chi connectivity index (χ3n) is 17.8. The Balaban J connectivity index is 1.88. The van der Waals surface area contributed by atoms with E-state index in [0.717, 1.165) is 52.9 Å². The highest BCUT2D eigenvalue weighted by molar-refractivity contribution is 6.05. The number of carbonyl (C=O) groups is 19. The number of carbonyl (C=O) groups excluding carboxylic acids is 15. The summed E-state index contributed by atoms with van der Waals surface area (Å²) in [5, 5.41) is 92.6. The number of esters is 1. The molecule has 1 saturated heterocycles. The fraction of sp³-hybridized carbons (Fsp3) is 0.528. The molecule has 43 heteroatoms. The van der Waals surface area contributed by atoms with E-state index in [1.165, 1.54) is 30.3 Å². The van der Waals surface area contributed by atoms with Crippen LogP contribution in [0.15, 0.2) is 65.9 Å². The molecule has 0 radical (unpaired) electrons. The minimum atomic E-state index is -2.42. The first kappa shape index (κ1) is 94.7. The van der Waals surface area contributed by atoms with Crippen molar-refractivity contribution in [3.05, 3.63) is 71.9 Å². The Morgan fingerprint density at radius 3 is 1.69 bits per heavy atom. The Hall–Kier alpha value is -12.7. The van der Waals surface area contributed by atoms with Gasteiger partial charge in [-0.1, -0.05) is 106 Å². The first-order valence-electron chi connectivity index (χ1n) is 36.8. The van der Waals surface area contributed by atoms with Crippen molar-refractivity contribution in [1.29, 1.82) is 0 Å². The lowest BCUT2D eigenvalue weighted by atomic mass is 9.96. The monoisotopic (exact) mass is 1620 g/mol. The number of benzene rings is 2. The number of cyclic esters (lactones) is 1. The molecule has 2 heterocycles. The number of aromatic amines is 1. The zero-order valence-corrected chi connectivity index (χ0v) is 63.6. The molecule has 1 aliphatic rings. The van der Waals surface area contributed by atoms with Gasteiger partial charge in [-0.25, -0.2) is 4.79 Å². The minimum absolute atomic E-state index is 0.0144. The van der Waals surface area contributed by atoms with Crippen LogP contribution in [0, 0.1) is 5.92 Å². The molecule has 630 valence electrons. The van der Waals surface area contributed by atoms with Crippen molar-refractivity contribution >= 4 is 129 Å². The molecule has 3 aromatic rings. The average molecular weight is 1620 g/mol. The SMILES string of the molecule is CCCCCCCCCC(=O)NC(Cc1c[nH]c2ccccc12)C(=O)NC(CC(N)=O)C(=O)NC(CC(=O)O)C(=O)NC1C(=O)NCC(=O)NC(CCCN)C(=O)NC(CC(=O)O)C(=O)NC(C)C(=O)NC(CC(=O)O)C(=O)NCC(=O)NC(CO)C(=O)NC(C(C)CC(=O)O)C(=O)NC(C/C(=N/O)c2ccccc2)C(=O)OC1C. The lowest BCUT2D eigenvalue weighted by Gasteiger charge is -2.30. The molecule has 4 rings (SSSR count). The maximum absolute atomic E-state index is 14.9. The smallest absolute Gasteiger partial charge is 0.329 e. The number of aliphatic carboxylic acids is 4. The van der Waals surface area contributed by atoms with Crippen LogP contribution in [0.25, 0.3) is 10.9 Å². The largest absolute Gasteiger partial charge is 0.481 e. The van der Waals surface area contributed by atoms with E-state index < -0.39 is 255 Å². The number of aliphatic hydroxyl groups is 1. The number of unbranched alkanes of at least 4 members (excludes halogenated alkanes) is 6. The number of fused-ring (bicyclic) bond motifs is 1. The molecule has 0 spiro atoms. The number of primary amides is 1. The first-order valence-corrected chi connectivity index (χ1v) is 36.8. The molecule has 0 bridgehead atoms. The topological polar surface area (TPSA) is 692 Å². The second kappa shape index (κ2) is 48.3. The second-order valence-corrected chi connectivity index (χ2v) is 27.2. The summed E-state index contributed by atoms with van der Waals surface area (Å²) in [6.07, 6.45) is -1.95. The number of nitrogens with zero attached hydrogens (tertiary/aromatic N) is 1. The maximum Gasteiger partial charge on any atom is 0.329 e. The zero-order valence-electron chi connectivity index (χ0n) is 63.6. The number of aromatic nitrogens is 1. The zero-order chi connectivity index (χ0) is 85.6. The number of para-hydroxylation sites is 1. The van der Waals surface area contributed by atoms with E-state index in [4.69, 9.17) is 16.2 Å². The van der Waals surface area contributed by atoms with E-state index in [1.807, 2.05) is 16.0 Å². The van der Waals surface area contributed by atoms with Crippen molar-refractivity contribution < 1.29 is 127 Å². The van der Waals surface area contributed by atoms with Gasteiger partial charge in [0.25, 0.3) is 0 Å². The predicted molar refractivity (Wildman–Crippen MR) is 400 cm³/mol. The summed E-state index contributed by atoms with van der Waals surface area (Å²) in [4.78, 5) is 262. The number of hydrogen-bond acceptors (Lipinski definition) is 24. The standard InChI is InChI=1S/C72H101N17O26/c1-5-6-7-8-9-10-14-23-53(92)80-45(26-40-32-75-42-21-16-15-20-41(40)42)66(107)83-46(28-52(74)91)67(108)85-49(31-59(101)102)68(109)88-61-38(4)115-72(113)50(27-44(89-114)39-18-12-11-13-19-39)86-71(112)60(36(2)25-56(95)96)87-69(110)51(35-90)81-55(94)33-76-63(104)47(29-57(97)98)82-62(103)37(3)78-65(106)48(30-58(99)100)84-64(105)43(22-17-24-73)79-54(93)34-77-70(61)111/h11-13,15-16,18-21,32,36-38,43,45-51,60-61,75,90,114H,5-10,14,17,22-31,33-35,73H2,1-4H3,(H2,74,91)(H,76,104)(H,77,111)(H,78,106)(H,79,93)(H,80,92)(H,81,94)(H,82,103)(H,83,107)(H,84,105)(H,85,108)(H,86,112)(H,87,110)(H,88,109)(H,95,96)(H,97,98)(H,99,100)(H,101,102)/b89-44-. The molecule has 2 aromatic carbocycles. The summed E-state index contributed by atoms with van der Waals surface area (Å²) in [5.41, 5.74) is 12.1. The summed E-state index contributed by atoms with van der Waals surface area (Å²) < 4.78 is 5.74. The van der Waals surface area contributed by atoms with Gasteiger partial charge in [-0.2, -0.15) is 0 Å². The van der Waals surface area contributed by atoms with Crippen molar-refractivity contribution in [2.24, 2.45) is 22.5 Å². The number of oxime groups is 1. The molecular formula is C72H101N17O26. The van der Waals surface area contributed by atoms with Crippen LogP contribution < -0.4 is 80.6 Å². The van der Waals surface area contributed by atoms with Crippen LogP contribution in [0.1, 0.15) is 142 Å². The average Bonchev–Trinajstić information content (AvgIpc) is 1.80. The van der Waals surface area contributed by atoms with Gasteiger partial charge >= 0.3 is 29.8 Å². The minimum Gasteiger partial charge on any atom is -0.481 e. The third-order valence-corrected chi connectivity index (χ3v) is 17.8. The number of hydrogen-bond donors (Lipinski definition) is 22. The highest BCUT2D eigenvalue weighted by Gasteiger charge is 2.41. The number of aliphatic hydroxyl groups excluding tert-OH is 1. The van der Waals surface area contributed by atoms with Crippen molar-refractivity contribution in [2.45, 2.75) is 209 Å². The quantitative estimate of drug-likeness (QED) is 0.00860. The van der Waals surface area contributed by atoms with Gasteiger partial charge in [0.2, 0.25) is 82.7 Å². The molecule has 43 nitrogen and oxygen atoms in total. The van der Waals surface area contributed by atoms with E-state index in [0.29, 0.717) is 29.3 Å². The maximum atomic E-state index is 14.9. The third kappa shape index (κ3) is 32.9. The summed E-state index contributed by atoms with van der Waals surface area (Å²) in [6.45, 7) is 1.22. The van der Waals surface area contributed by atoms with Crippen LogP contribution in [0.5, 0.6) is 0 Å². The summed E-state index contributed by atoms with van der Waals surface area (Å²) in [6, 6.07) is -8.31. The molecule has 1 aliphatic heterocycles. The molecule has 0 aliphatic carbocycles. The number of nitrogens with two attached hydrogens (primary N) is 2. The Labute approximate surface area is 657 Å². The van der Waals surface area contributed by atoms with Crippen LogP contribution in [0.4, 0.5) is 0 Å². The van der Waals surface area contributed by atoms with Gasteiger partial charge in [0.1, 0.15) is 72.6 Å². The molecular weight excluding hydrogens is 1520 g/mol. The molecule has 1 fully saturated rings. The lowest BCUT2D eigenvalue weighted by molar-refractivity contribution is -0.156. The first-order chi connectivity index (χ1) is 54.5. The van der Waals surface area contributed by atoms with Gasteiger partial charge in [-0.05, 0) is 62.8 Å².